The third kappa shape index (κ3) is 3.49. The van der Waals surface area contributed by atoms with E-state index in [0.29, 0.717) is 13.0 Å². The predicted octanol–water partition coefficient (Wildman–Crippen LogP) is 0.764. The first kappa shape index (κ1) is 16.1. The number of halogens is 2. The van der Waals surface area contributed by atoms with E-state index in [2.05, 4.69) is 5.32 Å². The summed E-state index contributed by atoms with van der Waals surface area (Å²) in [6.07, 6.45) is 1.80. The summed E-state index contributed by atoms with van der Waals surface area (Å²) in [4.78, 5) is 36.7. The molecule has 8 heteroatoms. The average molecular weight is 313 g/mol. The zero-order valence-corrected chi connectivity index (χ0v) is 12.1. The third-order valence-electron chi connectivity index (χ3n) is 3.67. The lowest BCUT2D eigenvalue weighted by molar-refractivity contribution is -0.137. The quantitative estimate of drug-likeness (QED) is 0.892. The number of carbonyl (C=O) groups is 2. The molecule has 1 fully saturated rings. The zero-order valence-electron chi connectivity index (χ0n) is 12.1. The van der Waals surface area contributed by atoms with Gasteiger partial charge < -0.3 is 14.8 Å². The molecule has 120 valence electrons. The van der Waals surface area contributed by atoms with Crippen LogP contribution < -0.4 is 10.9 Å². The maximum Gasteiger partial charge on any atom is 0.286 e. The summed E-state index contributed by atoms with van der Waals surface area (Å²) in [7, 11) is 1.67. The molecule has 1 atom stereocenters. The Morgan fingerprint density at radius 3 is 2.82 bits per heavy atom. The molecular weight excluding hydrogens is 296 g/mol. The van der Waals surface area contributed by atoms with Crippen LogP contribution >= 0.6 is 0 Å². The summed E-state index contributed by atoms with van der Waals surface area (Å²) in [5.74, 6) is -2.09. The number of amides is 2. The monoisotopic (exact) mass is 313 g/mol. The van der Waals surface area contributed by atoms with E-state index < -0.39 is 29.9 Å². The smallest absolute Gasteiger partial charge is 0.286 e. The minimum Gasteiger partial charge on any atom is -0.346 e. The minimum absolute atomic E-state index is 0.0712. The lowest BCUT2D eigenvalue weighted by Gasteiger charge is -2.27. The van der Waals surface area contributed by atoms with Crippen LogP contribution in [0.15, 0.2) is 17.1 Å². The van der Waals surface area contributed by atoms with Crippen LogP contribution in [-0.4, -0.2) is 41.5 Å². The van der Waals surface area contributed by atoms with Gasteiger partial charge in [-0.05, 0) is 6.42 Å². The van der Waals surface area contributed by atoms with E-state index in [1.54, 1.807) is 11.9 Å². The fourth-order valence-electron chi connectivity index (χ4n) is 2.34. The number of anilines is 1. The van der Waals surface area contributed by atoms with E-state index >= 15 is 0 Å². The largest absolute Gasteiger partial charge is 0.346 e. The number of piperidine rings is 1. The van der Waals surface area contributed by atoms with Crippen molar-refractivity contribution in [3.63, 3.8) is 0 Å². The highest BCUT2D eigenvalue weighted by atomic mass is 19.1. The molecule has 0 spiro atoms. The van der Waals surface area contributed by atoms with Crippen molar-refractivity contribution in [2.24, 2.45) is 5.92 Å². The number of aromatic nitrogens is 1. The van der Waals surface area contributed by atoms with Gasteiger partial charge in [-0.2, -0.15) is 0 Å². The SMILES string of the molecule is CN1CCC(C(=O)Nc2cc(F)c(=O)n(CCF)c2)CC1=O. The fourth-order valence-corrected chi connectivity index (χ4v) is 2.34. The van der Waals surface area contributed by atoms with Gasteiger partial charge in [0.05, 0.1) is 12.2 Å². The molecule has 0 bridgehead atoms. The minimum atomic E-state index is -1.06. The van der Waals surface area contributed by atoms with Gasteiger partial charge in [-0.1, -0.05) is 0 Å². The maximum absolute atomic E-state index is 13.5. The van der Waals surface area contributed by atoms with E-state index in [4.69, 9.17) is 0 Å². The standard InChI is InChI=1S/C14H17F2N3O3/c1-18-4-2-9(6-12(18)20)13(21)17-10-7-11(16)14(22)19(8-10)5-3-15/h7-9H,2-6H2,1H3,(H,17,21). The van der Waals surface area contributed by atoms with Crippen LogP contribution in [0.1, 0.15) is 12.8 Å². The molecule has 0 radical (unpaired) electrons. The van der Waals surface area contributed by atoms with Gasteiger partial charge in [-0.15, -0.1) is 0 Å². The van der Waals surface area contributed by atoms with Crippen molar-refractivity contribution in [2.45, 2.75) is 19.4 Å². The molecule has 1 aliphatic rings. The van der Waals surface area contributed by atoms with Crippen LogP contribution in [-0.2, 0) is 16.1 Å². The van der Waals surface area contributed by atoms with Crippen LogP contribution in [0.2, 0.25) is 0 Å². The molecule has 1 aromatic rings. The molecule has 2 amide bonds. The number of alkyl halides is 1. The van der Waals surface area contributed by atoms with Crippen LogP contribution in [0.3, 0.4) is 0 Å². The van der Waals surface area contributed by atoms with E-state index in [-0.39, 0.29) is 24.6 Å². The Morgan fingerprint density at radius 1 is 1.45 bits per heavy atom. The number of hydrogen-bond acceptors (Lipinski definition) is 3. The van der Waals surface area contributed by atoms with Crippen LogP contribution in [0.5, 0.6) is 0 Å². The molecular formula is C14H17F2N3O3. The predicted molar refractivity (Wildman–Crippen MR) is 75.6 cm³/mol. The second-order valence-electron chi connectivity index (χ2n) is 5.26. The van der Waals surface area contributed by atoms with E-state index in [9.17, 15) is 23.2 Å². The molecule has 0 aliphatic carbocycles. The number of pyridine rings is 1. The Bertz CT molecular complexity index is 645. The number of nitrogens with one attached hydrogen (secondary N) is 1. The molecule has 1 aromatic heterocycles. The number of rotatable bonds is 4. The maximum atomic E-state index is 13.5. The van der Waals surface area contributed by atoms with Gasteiger partial charge in [0.15, 0.2) is 5.82 Å². The lowest BCUT2D eigenvalue weighted by atomic mass is 9.95. The van der Waals surface area contributed by atoms with Crippen molar-refractivity contribution in [1.82, 2.24) is 9.47 Å². The molecule has 1 aliphatic heterocycles. The summed E-state index contributed by atoms with van der Waals surface area (Å²) in [5, 5.41) is 2.48. The molecule has 1 N–H and O–H groups in total. The summed E-state index contributed by atoms with van der Waals surface area (Å²) < 4.78 is 26.7. The Balaban J connectivity index is 2.11. The zero-order chi connectivity index (χ0) is 16.3. The lowest BCUT2D eigenvalue weighted by Crippen LogP contribution is -2.40. The molecule has 6 nitrogen and oxygen atoms in total. The molecule has 2 heterocycles. The average Bonchev–Trinajstić information content (AvgIpc) is 2.47. The van der Waals surface area contributed by atoms with Crippen LogP contribution in [0, 0.1) is 11.7 Å². The van der Waals surface area contributed by atoms with Crippen LogP contribution in [0.4, 0.5) is 14.5 Å². The van der Waals surface area contributed by atoms with Gasteiger partial charge in [-0.3, -0.25) is 14.4 Å². The first-order chi connectivity index (χ1) is 10.4. The number of hydrogen-bond donors (Lipinski definition) is 1. The Morgan fingerprint density at radius 2 is 2.18 bits per heavy atom. The highest BCUT2D eigenvalue weighted by Crippen LogP contribution is 2.19. The molecule has 2 rings (SSSR count). The number of nitrogens with zero attached hydrogens (tertiary/aromatic N) is 2. The normalized spacial score (nSPS) is 18.4. The third-order valence-corrected chi connectivity index (χ3v) is 3.67. The molecule has 0 saturated carbocycles. The van der Waals surface area contributed by atoms with Crippen LogP contribution in [0.25, 0.3) is 0 Å². The van der Waals surface area contributed by atoms with Crippen molar-refractivity contribution in [1.29, 1.82) is 0 Å². The summed E-state index contributed by atoms with van der Waals surface area (Å²) in [6, 6.07) is 0.895. The molecule has 0 aromatic carbocycles. The molecule has 1 saturated heterocycles. The summed E-state index contributed by atoms with van der Waals surface area (Å²) >= 11 is 0. The number of aryl methyl sites for hydroxylation is 1. The van der Waals surface area contributed by atoms with E-state index in [1.807, 2.05) is 0 Å². The fraction of sp³-hybridized carbons (Fsp3) is 0.500. The van der Waals surface area contributed by atoms with Crippen molar-refractivity contribution in [2.75, 3.05) is 25.6 Å². The molecule has 22 heavy (non-hydrogen) atoms. The number of carbonyl (C=O) groups excluding carboxylic acids is 2. The van der Waals surface area contributed by atoms with Gasteiger partial charge in [0.25, 0.3) is 5.56 Å². The topological polar surface area (TPSA) is 71.4 Å². The van der Waals surface area contributed by atoms with Crippen molar-refractivity contribution >= 4 is 17.5 Å². The first-order valence-electron chi connectivity index (χ1n) is 6.93. The van der Waals surface area contributed by atoms with Crippen molar-refractivity contribution in [3.05, 3.63) is 28.4 Å². The van der Waals surface area contributed by atoms with E-state index in [0.717, 1.165) is 10.6 Å². The van der Waals surface area contributed by atoms with E-state index in [1.165, 1.54) is 6.20 Å². The first-order valence-corrected chi connectivity index (χ1v) is 6.93. The second kappa shape index (κ2) is 6.67. The Hall–Kier alpha value is -2.25. The van der Waals surface area contributed by atoms with Gasteiger partial charge in [0.2, 0.25) is 11.8 Å². The van der Waals surface area contributed by atoms with Crippen molar-refractivity contribution in [3.8, 4) is 0 Å². The van der Waals surface area contributed by atoms with Gasteiger partial charge >= 0.3 is 0 Å². The van der Waals surface area contributed by atoms with Gasteiger partial charge in [0.1, 0.15) is 6.67 Å². The summed E-state index contributed by atoms with van der Waals surface area (Å²) in [6.45, 7) is -0.626. The highest BCUT2D eigenvalue weighted by molar-refractivity contribution is 5.95. The number of likely N-dealkylation sites (tertiary alicyclic amines) is 1. The highest BCUT2D eigenvalue weighted by Gasteiger charge is 2.28. The van der Waals surface area contributed by atoms with Gasteiger partial charge in [0, 0.05) is 38.2 Å². The van der Waals surface area contributed by atoms with Gasteiger partial charge in [-0.25, -0.2) is 8.78 Å². The molecule has 1 unspecified atom stereocenters. The Kier molecular flexibility index (Phi) is 4.89. The van der Waals surface area contributed by atoms with Crippen molar-refractivity contribution < 1.29 is 18.4 Å². The second-order valence-corrected chi connectivity index (χ2v) is 5.26. The Labute approximate surface area is 125 Å². The summed E-state index contributed by atoms with van der Waals surface area (Å²) in [5.41, 5.74) is -0.868.